The topological polar surface area (TPSA) is 74.4 Å². The third-order valence-corrected chi connectivity index (χ3v) is 3.57. The number of likely N-dealkylation sites (tertiary alicyclic amines) is 1. The van der Waals surface area contributed by atoms with Crippen LogP contribution in [0.4, 0.5) is 4.79 Å². The number of ether oxygens (including phenoxy) is 1. The second-order valence-corrected chi connectivity index (χ2v) is 6.78. The van der Waals surface area contributed by atoms with Crippen LogP contribution in [0, 0.1) is 5.92 Å². The number of H-pyrrole nitrogens is 1. The van der Waals surface area contributed by atoms with Gasteiger partial charge in [0.05, 0.1) is 12.2 Å². The molecule has 0 spiro atoms. The third-order valence-electron chi connectivity index (χ3n) is 3.57. The summed E-state index contributed by atoms with van der Waals surface area (Å²) < 4.78 is 5.22. The first-order chi connectivity index (χ1) is 10.3. The molecule has 1 saturated heterocycles. The van der Waals surface area contributed by atoms with Gasteiger partial charge in [0.15, 0.2) is 5.78 Å². The number of aromatic amines is 1. The van der Waals surface area contributed by atoms with Gasteiger partial charge in [-0.3, -0.25) is 9.69 Å². The second kappa shape index (κ2) is 6.96. The molecule has 1 aromatic heterocycles. The van der Waals surface area contributed by atoms with Crippen LogP contribution in [-0.4, -0.2) is 53.5 Å². The van der Waals surface area contributed by atoms with Crippen molar-refractivity contribution in [3.63, 3.8) is 0 Å². The quantitative estimate of drug-likeness (QED) is 0.816. The Labute approximate surface area is 131 Å². The number of Topliss-reactive ketones (excluding diaryl/α,β-unsaturated/α-hetero) is 1. The molecule has 2 rings (SSSR count). The molecular weight excluding hydrogens is 282 g/mol. The third kappa shape index (κ3) is 5.18. The van der Waals surface area contributed by atoms with Crippen LogP contribution in [0.2, 0.25) is 0 Å². The molecule has 0 saturated carbocycles. The molecule has 1 aliphatic rings. The van der Waals surface area contributed by atoms with Gasteiger partial charge in [0.1, 0.15) is 5.60 Å². The maximum absolute atomic E-state index is 12.0. The highest BCUT2D eigenvalue weighted by Crippen LogP contribution is 2.16. The second-order valence-electron chi connectivity index (χ2n) is 6.78. The average molecular weight is 307 g/mol. The molecule has 6 heteroatoms. The van der Waals surface area contributed by atoms with Gasteiger partial charge in [-0.1, -0.05) is 0 Å². The largest absolute Gasteiger partial charge is 0.444 e. The molecule has 1 fully saturated rings. The molecule has 1 atom stereocenters. The lowest BCUT2D eigenvalue weighted by molar-refractivity contribution is 0.0519. The Hall–Kier alpha value is -1.82. The fourth-order valence-corrected chi connectivity index (χ4v) is 2.56. The van der Waals surface area contributed by atoms with E-state index in [1.54, 1.807) is 12.3 Å². The first-order valence-corrected chi connectivity index (χ1v) is 7.69. The Bertz CT molecular complexity index is 505. The zero-order valence-corrected chi connectivity index (χ0v) is 13.5. The maximum Gasteiger partial charge on any atom is 0.407 e. The zero-order chi connectivity index (χ0) is 16.2. The Morgan fingerprint density at radius 1 is 1.45 bits per heavy atom. The van der Waals surface area contributed by atoms with Crippen LogP contribution in [0.15, 0.2) is 18.3 Å². The van der Waals surface area contributed by atoms with Gasteiger partial charge in [-0.2, -0.15) is 0 Å². The molecule has 2 N–H and O–H groups in total. The van der Waals surface area contributed by atoms with E-state index < -0.39 is 5.60 Å². The van der Waals surface area contributed by atoms with E-state index >= 15 is 0 Å². The molecule has 1 aliphatic heterocycles. The molecule has 1 amide bonds. The van der Waals surface area contributed by atoms with E-state index in [1.807, 2.05) is 26.8 Å². The molecule has 1 aromatic rings. The molecule has 122 valence electrons. The fourth-order valence-electron chi connectivity index (χ4n) is 2.56. The van der Waals surface area contributed by atoms with Gasteiger partial charge in [-0.25, -0.2) is 4.79 Å². The predicted octanol–water partition coefficient (Wildman–Crippen LogP) is 2.04. The summed E-state index contributed by atoms with van der Waals surface area (Å²) in [6.07, 6.45) is 2.35. The first-order valence-electron chi connectivity index (χ1n) is 7.69. The highest BCUT2D eigenvalue weighted by molar-refractivity contribution is 5.95. The van der Waals surface area contributed by atoms with Crippen molar-refractivity contribution in [1.29, 1.82) is 0 Å². The molecule has 0 aliphatic carbocycles. The average Bonchev–Trinajstić information content (AvgIpc) is 3.05. The number of hydrogen-bond donors (Lipinski definition) is 2. The number of alkyl carbamates (subject to hydrolysis) is 1. The Balaban J connectivity index is 1.69. The summed E-state index contributed by atoms with van der Waals surface area (Å²) in [4.78, 5) is 28.7. The molecule has 6 nitrogen and oxygen atoms in total. The van der Waals surface area contributed by atoms with Crippen LogP contribution in [0.25, 0.3) is 0 Å². The lowest BCUT2D eigenvalue weighted by Gasteiger charge is -2.20. The van der Waals surface area contributed by atoms with Crippen LogP contribution >= 0.6 is 0 Å². The van der Waals surface area contributed by atoms with Crippen molar-refractivity contribution in [1.82, 2.24) is 15.2 Å². The summed E-state index contributed by atoms with van der Waals surface area (Å²) in [6, 6.07) is 3.62. The number of amides is 1. The predicted molar refractivity (Wildman–Crippen MR) is 83.9 cm³/mol. The van der Waals surface area contributed by atoms with E-state index in [0.717, 1.165) is 19.5 Å². The number of carbonyl (C=O) groups is 2. The normalized spacial score (nSPS) is 19.1. The van der Waals surface area contributed by atoms with Crippen molar-refractivity contribution in [2.75, 3.05) is 26.2 Å². The van der Waals surface area contributed by atoms with Gasteiger partial charge in [-0.15, -0.1) is 0 Å². The standard InChI is InChI=1S/C16H25N3O3/c1-16(2,3)22-15(21)18-9-12-6-8-19(10-12)11-14(20)13-5-4-7-17-13/h4-5,7,12,17H,6,8-11H2,1-3H3,(H,18,21)/t12-/m1/s1. The highest BCUT2D eigenvalue weighted by atomic mass is 16.6. The number of nitrogens with one attached hydrogen (secondary N) is 2. The van der Waals surface area contributed by atoms with E-state index in [4.69, 9.17) is 4.74 Å². The monoisotopic (exact) mass is 307 g/mol. The number of ketones is 1. The highest BCUT2D eigenvalue weighted by Gasteiger charge is 2.25. The number of nitrogens with zero attached hydrogens (tertiary/aromatic N) is 1. The Kier molecular flexibility index (Phi) is 5.24. The van der Waals surface area contributed by atoms with Gasteiger partial charge < -0.3 is 15.0 Å². The van der Waals surface area contributed by atoms with E-state index in [-0.39, 0.29) is 11.9 Å². The number of hydrogen-bond acceptors (Lipinski definition) is 4. The van der Waals surface area contributed by atoms with Crippen LogP contribution in [0.5, 0.6) is 0 Å². The number of carbonyl (C=O) groups excluding carboxylic acids is 2. The minimum atomic E-state index is -0.478. The van der Waals surface area contributed by atoms with Crippen molar-refractivity contribution >= 4 is 11.9 Å². The molecule has 0 bridgehead atoms. The lowest BCUT2D eigenvalue weighted by atomic mass is 10.1. The maximum atomic E-state index is 12.0. The SMILES string of the molecule is CC(C)(C)OC(=O)NC[C@H]1CCN(CC(=O)c2ccc[nH]2)C1. The van der Waals surface area contributed by atoms with Crippen molar-refractivity contribution in [3.8, 4) is 0 Å². The number of rotatable bonds is 5. The molecule has 0 unspecified atom stereocenters. The molecule has 22 heavy (non-hydrogen) atoms. The van der Waals surface area contributed by atoms with Crippen LogP contribution in [0.3, 0.4) is 0 Å². The minimum Gasteiger partial charge on any atom is -0.444 e. The van der Waals surface area contributed by atoms with Crippen LogP contribution in [-0.2, 0) is 4.74 Å². The van der Waals surface area contributed by atoms with Gasteiger partial charge in [0.2, 0.25) is 0 Å². The van der Waals surface area contributed by atoms with Crippen molar-refractivity contribution in [2.24, 2.45) is 5.92 Å². The van der Waals surface area contributed by atoms with Crippen molar-refractivity contribution in [3.05, 3.63) is 24.0 Å². The summed E-state index contributed by atoms with van der Waals surface area (Å²) in [5, 5.41) is 2.80. The van der Waals surface area contributed by atoms with Crippen molar-refractivity contribution in [2.45, 2.75) is 32.8 Å². The van der Waals surface area contributed by atoms with E-state index in [0.29, 0.717) is 24.7 Å². The minimum absolute atomic E-state index is 0.103. The molecule has 2 heterocycles. The van der Waals surface area contributed by atoms with Gasteiger partial charge in [0, 0.05) is 19.3 Å². The summed E-state index contributed by atoms with van der Waals surface area (Å²) in [6.45, 7) is 8.24. The number of aromatic nitrogens is 1. The fraction of sp³-hybridized carbons (Fsp3) is 0.625. The van der Waals surface area contributed by atoms with E-state index in [2.05, 4.69) is 15.2 Å². The van der Waals surface area contributed by atoms with Crippen LogP contribution in [0.1, 0.15) is 37.7 Å². The zero-order valence-electron chi connectivity index (χ0n) is 13.5. The smallest absolute Gasteiger partial charge is 0.407 e. The molecule has 0 radical (unpaired) electrons. The Morgan fingerprint density at radius 3 is 2.86 bits per heavy atom. The van der Waals surface area contributed by atoms with Crippen LogP contribution < -0.4 is 5.32 Å². The van der Waals surface area contributed by atoms with Gasteiger partial charge in [-0.05, 0) is 51.8 Å². The Morgan fingerprint density at radius 2 is 2.23 bits per heavy atom. The lowest BCUT2D eigenvalue weighted by Crippen LogP contribution is -2.36. The van der Waals surface area contributed by atoms with Gasteiger partial charge >= 0.3 is 6.09 Å². The van der Waals surface area contributed by atoms with E-state index in [1.165, 1.54) is 0 Å². The molecular formula is C16H25N3O3. The first kappa shape index (κ1) is 16.5. The summed E-state index contributed by atoms with van der Waals surface area (Å²) in [5.41, 5.74) is 0.171. The molecule has 0 aromatic carbocycles. The summed E-state index contributed by atoms with van der Waals surface area (Å²) >= 11 is 0. The van der Waals surface area contributed by atoms with Crippen molar-refractivity contribution < 1.29 is 14.3 Å². The van der Waals surface area contributed by atoms with E-state index in [9.17, 15) is 9.59 Å². The summed E-state index contributed by atoms with van der Waals surface area (Å²) in [5.74, 6) is 0.467. The van der Waals surface area contributed by atoms with Gasteiger partial charge in [0.25, 0.3) is 0 Å². The summed E-state index contributed by atoms with van der Waals surface area (Å²) in [7, 11) is 0.